The van der Waals surface area contributed by atoms with Crippen LogP contribution in [0.25, 0.3) is 0 Å². The van der Waals surface area contributed by atoms with Crippen LogP contribution in [0, 0.1) is 0 Å². The molecule has 0 spiro atoms. The lowest BCUT2D eigenvalue weighted by Gasteiger charge is -2.19. The van der Waals surface area contributed by atoms with Crippen LogP contribution in [0.2, 0.25) is 0 Å². The van der Waals surface area contributed by atoms with E-state index < -0.39 is 81.5 Å². The number of hydrogen-bond donors (Lipinski definition) is 2. The zero-order chi connectivity index (χ0) is 28.8. The minimum absolute atomic E-state index is 0.0560. The third-order valence-corrected chi connectivity index (χ3v) is 4.64. The number of hydrogen-bond acceptors (Lipinski definition) is 4. The van der Waals surface area contributed by atoms with E-state index in [1.54, 1.807) is 0 Å². The molecule has 3 aromatic rings. The van der Waals surface area contributed by atoms with Crippen LogP contribution >= 0.6 is 0 Å². The summed E-state index contributed by atoms with van der Waals surface area (Å²) in [6.07, 6.45) is -22.3. The van der Waals surface area contributed by atoms with Gasteiger partial charge in [0, 0.05) is 18.2 Å². The summed E-state index contributed by atoms with van der Waals surface area (Å²) in [5.74, 6) is -6.38. The molecule has 0 aliphatic rings. The molecule has 3 rings (SSSR count). The highest BCUT2D eigenvalue weighted by molar-refractivity contribution is 5.52. The van der Waals surface area contributed by atoms with Crippen LogP contribution in [0.5, 0.6) is 34.5 Å². The van der Waals surface area contributed by atoms with Crippen molar-refractivity contribution in [2.45, 2.75) is 24.7 Å². The minimum Gasteiger partial charge on any atom is -0.507 e. The Bertz CT molecular complexity index is 1240. The zero-order valence-electron chi connectivity index (χ0n) is 17.9. The quantitative estimate of drug-likeness (QED) is 0.310. The molecular weight excluding hydrogens is 556 g/mol. The van der Waals surface area contributed by atoms with Gasteiger partial charge in [-0.05, 0) is 24.3 Å². The molecule has 0 bridgehead atoms. The predicted molar refractivity (Wildman–Crippen MR) is 103 cm³/mol. The molecule has 0 unspecified atom stereocenters. The van der Waals surface area contributed by atoms with Gasteiger partial charge in [-0.15, -0.1) is 0 Å². The summed E-state index contributed by atoms with van der Waals surface area (Å²) in [5.41, 5.74) is -9.27. The monoisotopic (exact) mass is 566 g/mol. The number of benzene rings is 3. The molecule has 0 atom stereocenters. The number of alkyl halides is 12. The lowest BCUT2D eigenvalue weighted by Crippen LogP contribution is -2.17. The second-order valence-electron chi connectivity index (χ2n) is 7.40. The van der Waals surface area contributed by atoms with Crippen molar-refractivity contribution in [3.05, 3.63) is 70.8 Å². The van der Waals surface area contributed by atoms with E-state index in [2.05, 4.69) is 0 Å². The van der Waals surface area contributed by atoms with Crippen molar-refractivity contribution in [1.29, 1.82) is 0 Å². The van der Waals surface area contributed by atoms with Gasteiger partial charge in [0.25, 0.3) is 0 Å². The summed E-state index contributed by atoms with van der Waals surface area (Å²) in [6, 6.07) is 4.28. The maximum absolute atomic E-state index is 13.2. The van der Waals surface area contributed by atoms with Gasteiger partial charge in [-0.3, -0.25) is 0 Å². The Balaban J connectivity index is 1.98. The molecule has 0 radical (unpaired) electrons. The number of phenols is 2. The molecule has 206 valence electrons. The molecule has 0 aliphatic carbocycles. The zero-order valence-corrected chi connectivity index (χ0v) is 17.9. The summed E-state index contributed by atoms with van der Waals surface area (Å²) in [5, 5.41) is 19.2. The van der Waals surface area contributed by atoms with Crippen molar-refractivity contribution < 1.29 is 72.4 Å². The molecule has 38 heavy (non-hydrogen) atoms. The van der Waals surface area contributed by atoms with E-state index in [1.165, 1.54) is 0 Å². The van der Waals surface area contributed by atoms with Gasteiger partial charge in [0.2, 0.25) is 0 Å². The molecule has 3 aromatic carbocycles. The Hall–Kier alpha value is -3.98. The van der Waals surface area contributed by atoms with Gasteiger partial charge in [0.1, 0.15) is 45.6 Å². The minimum atomic E-state index is -5.58. The van der Waals surface area contributed by atoms with Crippen LogP contribution in [0.4, 0.5) is 52.7 Å². The molecule has 0 aromatic heterocycles. The van der Waals surface area contributed by atoms with Crippen molar-refractivity contribution in [3.63, 3.8) is 0 Å². The molecule has 0 saturated heterocycles. The van der Waals surface area contributed by atoms with Crippen LogP contribution < -0.4 is 9.47 Å². The molecule has 4 nitrogen and oxygen atoms in total. The predicted octanol–water partition coefficient (Wildman–Crippen LogP) is 8.76. The third-order valence-electron chi connectivity index (χ3n) is 4.64. The Morgan fingerprint density at radius 2 is 0.789 bits per heavy atom. The Morgan fingerprint density at radius 3 is 1.08 bits per heavy atom. The van der Waals surface area contributed by atoms with E-state index in [1.807, 2.05) is 0 Å². The lowest BCUT2D eigenvalue weighted by atomic mass is 10.0. The fraction of sp³-hybridized carbons (Fsp3) is 0.182. The molecule has 2 N–H and O–H groups in total. The second-order valence-corrected chi connectivity index (χ2v) is 7.40. The largest absolute Gasteiger partial charge is 0.507 e. The second kappa shape index (κ2) is 9.40. The summed E-state index contributed by atoms with van der Waals surface area (Å²) < 4.78 is 167. The number of ether oxygens (including phenoxy) is 2. The van der Waals surface area contributed by atoms with Crippen molar-refractivity contribution in [2.24, 2.45) is 0 Å². The van der Waals surface area contributed by atoms with Crippen LogP contribution in [-0.2, 0) is 24.7 Å². The highest BCUT2D eigenvalue weighted by Gasteiger charge is 2.47. The number of halogens is 12. The normalized spacial score (nSPS) is 12.9. The van der Waals surface area contributed by atoms with E-state index in [0.29, 0.717) is 0 Å². The van der Waals surface area contributed by atoms with Crippen molar-refractivity contribution in [2.75, 3.05) is 0 Å². The molecular formula is C22H10F12O4. The first kappa shape index (κ1) is 28.6. The summed E-state index contributed by atoms with van der Waals surface area (Å²) >= 11 is 0. The van der Waals surface area contributed by atoms with Gasteiger partial charge in [0.15, 0.2) is 0 Å². The summed E-state index contributed by atoms with van der Waals surface area (Å²) in [6.45, 7) is 0. The average Bonchev–Trinajstić information content (AvgIpc) is 2.70. The molecule has 0 heterocycles. The van der Waals surface area contributed by atoms with E-state index in [9.17, 15) is 62.9 Å². The molecule has 0 fully saturated rings. The maximum Gasteiger partial charge on any atom is 0.420 e. The Labute approximate surface area is 203 Å². The van der Waals surface area contributed by atoms with Gasteiger partial charge < -0.3 is 19.7 Å². The van der Waals surface area contributed by atoms with Gasteiger partial charge in [-0.2, -0.15) is 52.7 Å². The van der Waals surface area contributed by atoms with Gasteiger partial charge in [-0.1, -0.05) is 6.07 Å². The fourth-order valence-corrected chi connectivity index (χ4v) is 3.24. The van der Waals surface area contributed by atoms with Gasteiger partial charge >= 0.3 is 24.7 Å². The van der Waals surface area contributed by atoms with Gasteiger partial charge in [0.05, 0.1) is 11.1 Å². The Kier molecular flexibility index (Phi) is 7.07. The van der Waals surface area contributed by atoms with E-state index in [0.717, 1.165) is 24.3 Å². The summed E-state index contributed by atoms with van der Waals surface area (Å²) in [7, 11) is 0. The molecule has 0 aliphatic heterocycles. The number of aromatic hydroxyl groups is 2. The standard InChI is InChI=1S/C22H10F12O4/c23-19(24,25)13-5-11(7-15(35)17(13)21(29,30)31)37-9-2-1-3-10(4-9)38-12-6-14(20(26,27)28)18(16(36)8-12)22(32,33)34/h1-8,35-36H. The first-order chi connectivity index (χ1) is 17.2. The van der Waals surface area contributed by atoms with Crippen LogP contribution in [0.15, 0.2) is 48.5 Å². The molecule has 0 saturated carbocycles. The highest BCUT2D eigenvalue weighted by atomic mass is 19.4. The van der Waals surface area contributed by atoms with E-state index >= 15 is 0 Å². The van der Waals surface area contributed by atoms with Crippen LogP contribution in [-0.4, -0.2) is 10.2 Å². The number of rotatable bonds is 4. The highest BCUT2D eigenvalue weighted by Crippen LogP contribution is 2.48. The van der Waals surface area contributed by atoms with Crippen molar-refractivity contribution in [3.8, 4) is 34.5 Å². The number of phenolic OH excluding ortho intramolecular Hbond substituents is 2. The first-order valence-electron chi connectivity index (χ1n) is 9.66. The van der Waals surface area contributed by atoms with E-state index in [4.69, 9.17) is 9.47 Å². The van der Waals surface area contributed by atoms with E-state index in [-0.39, 0.29) is 24.3 Å². The van der Waals surface area contributed by atoms with Crippen molar-refractivity contribution >= 4 is 0 Å². The first-order valence-corrected chi connectivity index (χ1v) is 9.66. The fourth-order valence-electron chi connectivity index (χ4n) is 3.24. The summed E-state index contributed by atoms with van der Waals surface area (Å²) in [4.78, 5) is 0. The maximum atomic E-state index is 13.2. The van der Waals surface area contributed by atoms with Gasteiger partial charge in [-0.25, -0.2) is 0 Å². The lowest BCUT2D eigenvalue weighted by molar-refractivity contribution is -0.163. The third kappa shape index (κ3) is 6.28. The smallest absolute Gasteiger partial charge is 0.420 e. The van der Waals surface area contributed by atoms with Crippen LogP contribution in [0.1, 0.15) is 22.3 Å². The van der Waals surface area contributed by atoms with Crippen molar-refractivity contribution in [1.82, 2.24) is 0 Å². The van der Waals surface area contributed by atoms with Crippen LogP contribution in [0.3, 0.4) is 0 Å². The molecule has 16 heteroatoms. The Morgan fingerprint density at radius 1 is 0.447 bits per heavy atom. The topological polar surface area (TPSA) is 58.9 Å². The average molecular weight is 566 g/mol. The molecule has 0 amide bonds. The SMILES string of the molecule is Oc1cc(Oc2cccc(Oc3cc(O)c(C(F)(F)F)c(C(F)(F)F)c3)c2)cc(C(F)(F)F)c1C(F)(F)F.